The van der Waals surface area contributed by atoms with E-state index in [1.54, 1.807) is 0 Å². The van der Waals surface area contributed by atoms with Crippen LogP contribution in [0, 0.1) is 5.92 Å². The number of hydrogen-bond donors (Lipinski definition) is 0. The molecule has 19 heavy (non-hydrogen) atoms. The Labute approximate surface area is 114 Å². The van der Waals surface area contributed by atoms with E-state index in [-0.39, 0.29) is 18.1 Å². The van der Waals surface area contributed by atoms with Gasteiger partial charge in [0.05, 0.1) is 12.0 Å². The molecule has 3 heteroatoms. The molecule has 0 aromatic heterocycles. The summed E-state index contributed by atoms with van der Waals surface area (Å²) < 4.78 is 0. The first kappa shape index (κ1) is 12.8. The van der Waals surface area contributed by atoms with E-state index in [1.165, 1.54) is 5.56 Å². The molecule has 3 atom stereocenters. The summed E-state index contributed by atoms with van der Waals surface area (Å²) in [6, 6.07) is 10.7. The fourth-order valence-electron chi connectivity index (χ4n) is 3.45. The summed E-state index contributed by atoms with van der Waals surface area (Å²) in [7, 11) is 1.97. The third kappa shape index (κ3) is 2.58. The first-order valence-electron chi connectivity index (χ1n) is 7.22. The summed E-state index contributed by atoms with van der Waals surface area (Å²) in [5, 5.41) is 1.93. The maximum absolute atomic E-state index is 12.1. The number of benzene rings is 1. The van der Waals surface area contributed by atoms with Gasteiger partial charge in [0.2, 0.25) is 0 Å². The molecule has 1 heterocycles. The molecule has 1 aromatic carbocycles. The summed E-state index contributed by atoms with van der Waals surface area (Å²) in [5.74, 6) is 0.501. The fourth-order valence-corrected chi connectivity index (χ4v) is 3.45. The van der Waals surface area contributed by atoms with Crippen molar-refractivity contribution in [2.45, 2.75) is 44.2 Å². The number of nitrogens with zero attached hydrogens (tertiary/aromatic N) is 1. The molecule has 2 fully saturated rings. The lowest BCUT2D eigenvalue weighted by atomic mass is 9.79. The van der Waals surface area contributed by atoms with E-state index in [0.29, 0.717) is 5.78 Å². The number of rotatable bonds is 3. The maximum atomic E-state index is 12.1. The van der Waals surface area contributed by atoms with Crippen LogP contribution in [0.5, 0.6) is 0 Å². The van der Waals surface area contributed by atoms with E-state index in [9.17, 15) is 4.79 Å². The number of fused-ring (bicyclic) bond motifs is 1. The molecule has 2 aliphatic rings. The number of carbonyl (C=O) groups excluding carboxylic acids is 1. The number of carbonyl (C=O) groups is 1. The van der Waals surface area contributed by atoms with E-state index in [1.807, 2.05) is 18.2 Å². The van der Waals surface area contributed by atoms with E-state index in [4.69, 9.17) is 4.84 Å². The molecular weight excluding hydrogens is 238 g/mol. The zero-order chi connectivity index (χ0) is 13.2. The second-order valence-corrected chi connectivity index (χ2v) is 5.67. The number of hydrogen-bond acceptors (Lipinski definition) is 3. The van der Waals surface area contributed by atoms with E-state index in [0.717, 1.165) is 32.1 Å². The van der Waals surface area contributed by atoms with Crippen LogP contribution in [-0.4, -0.2) is 30.0 Å². The fraction of sp³-hybridized carbons (Fsp3) is 0.562. The van der Waals surface area contributed by atoms with Gasteiger partial charge in [0.25, 0.3) is 0 Å². The minimum atomic E-state index is 0.0995. The highest BCUT2D eigenvalue weighted by Gasteiger charge is 2.46. The Bertz CT molecular complexity index is 445. The lowest BCUT2D eigenvalue weighted by Crippen LogP contribution is -2.37. The molecule has 2 unspecified atom stereocenters. The van der Waals surface area contributed by atoms with Gasteiger partial charge in [0, 0.05) is 19.5 Å². The van der Waals surface area contributed by atoms with Gasteiger partial charge in [-0.15, -0.1) is 0 Å². The summed E-state index contributed by atoms with van der Waals surface area (Å²) >= 11 is 0. The van der Waals surface area contributed by atoms with E-state index in [2.05, 4.69) is 24.3 Å². The monoisotopic (exact) mass is 259 g/mol. The predicted octanol–water partition coefficient (Wildman–Crippen LogP) is 2.60. The Morgan fingerprint density at radius 3 is 2.89 bits per heavy atom. The Kier molecular flexibility index (Phi) is 3.67. The smallest absolute Gasteiger partial charge is 0.140 e. The van der Waals surface area contributed by atoms with Gasteiger partial charge in [0.1, 0.15) is 5.78 Å². The molecule has 3 rings (SSSR count). The van der Waals surface area contributed by atoms with Gasteiger partial charge in [-0.3, -0.25) is 9.63 Å². The average molecular weight is 259 g/mol. The minimum Gasteiger partial charge on any atom is -0.299 e. The number of ketones is 1. The van der Waals surface area contributed by atoms with Crippen LogP contribution >= 0.6 is 0 Å². The SMILES string of the molecule is CN1O[C@H]2CCCC(=O)C2C1CCc1ccccc1. The number of hydroxylamine groups is 2. The van der Waals surface area contributed by atoms with Gasteiger partial charge in [-0.1, -0.05) is 30.3 Å². The standard InChI is InChI=1S/C16H21NO2/c1-17-13(11-10-12-6-3-2-4-7-12)16-14(18)8-5-9-15(16)19-17/h2-4,6-7,13,15-16H,5,8-11H2,1H3/t13?,15-,16?/m0/s1. The molecule has 102 valence electrons. The normalized spacial score (nSPS) is 31.4. The van der Waals surface area contributed by atoms with Crippen molar-refractivity contribution in [3.8, 4) is 0 Å². The highest BCUT2D eigenvalue weighted by Crippen LogP contribution is 2.36. The third-order valence-electron chi connectivity index (χ3n) is 4.44. The molecule has 1 saturated carbocycles. The van der Waals surface area contributed by atoms with Gasteiger partial charge < -0.3 is 0 Å². The Morgan fingerprint density at radius 1 is 1.32 bits per heavy atom. The van der Waals surface area contributed by atoms with Gasteiger partial charge in [-0.05, 0) is 31.2 Å². The van der Waals surface area contributed by atoms with Crippen molar-refractivity contribution >= 4 is 5.78 Å². The van der Waals surface area contributed by atoms with Crippen molar-refractivity contribution in [3.63, 3.8) is 0 Å². The Morgan fingerprint density at radius 2 is 2.11 bits per heavy atom. The average Bonchev–Trinajstić information content (AvgIpc) is 2.75. The molecule has 1 saturated heterocycles. The Hall–Kier alpha value is -1.19. The van der Waals surface area contributed by atoms with Crippen LogP contribution in [-0.2, 0) is 16.1 Å². The molecule has 0 spiro atoms. The van der Waals surface area contributed by atoms with Crippen LogP contribution in [0.25, 0.3) is 0 Å². The molecule has 3 nitrogen and oxygen atoms in total. The topological polar surface area (TPSA) is 29.5 Å². The van der Waals surface area contributed by atoms with Crippen LogP contribution in [0.4, 0.5) is 0 Å². The van der Waals surface area contributed by atoms with Crippen LogP contribution in [0.1, 0.15) is 31.2 Å². The van der Waals surface area contributed by atoms with Crippen LogP contribution in [0.2, 0.25) is 0 Å². The third-order valence-corrected chi connectivity index (χ3v) is 4.44. The van der Waals surface area contributed by atoms with Crippen molar-refractivity contribution < 1.29 is 9.63 Å². The molecule has 0 radical (unpaired) electrons. The number of aryl methyl sites for hydroxylation is 1. The summed E-state index contributed by atoms with van der Waals surface area (Å²) in [6.45, 7) is 0. The van der Waals surface area contributed by atoms with Gasteiger partial charge >= 0.3 is 0 Å². The van der Waals surface area contributed by atoms with Crippen molar-refractivity contribution in [3.05, 3.63) is 35.9 Å². The predicted molar refractivity (Wildman–Crippen MR) is 73.5 cm³/mol. The minimum absolute atomic E-state index is 0.0995. The molecule has 0 N–H and O–H groups in total. The highest BCUT2D eigenvalue weighted by molar-refractivity contribution is 5.83. The van der Waals surface area contributed by atoms with Crippen LogP contribution in [0.15, 0.2) is 30.3 Å². The van der Waals surface area contributed by atoms with Crippen LogP contribution in [0.3, 0.4) is 0 Å². The molecule has 1 aliphatic heterocycles. The summed E-state index contributed by atoms with van der Waals surface area (Å²) in [5.41, 5.74) is 1.34. The van der Waals surface area contributed by atoms with Gasteiger partial charge in [0.15, 0.2) is 0 Å². The van der Waals surface area contributed by atoms with Crippen molar-refractivity contribution in [2.75, 3.05) is 7.05 Å². The van der Waals surface area contributed by atoms with Gasteiger partial charge in [-0.25, -0.2) is 0 Å². The molecular formula is C16H21NO2. The zero-order valence-electron chi connectivity index (χ0n) is 11.4. The number of Topliss-reactive ketones (excluding diaryl/α,β-unsaturated/α-hetero) is 1. The second-order valence-electron chi connectivity index (χ2n) is 5.67. The largest absolute Gasteiger partial charge is 0.299 e. The maximum Gasteiger partial charge on any atom is 0.140 e. The van der Waals surface area contributed by atoms with E-state index < -0.39 is 0 Å². The van der Waals surface area contributed by atoms with E-state index >= 15 is 0 Å². The van der Waals surface area contributed by atoms with Crippen LogP contribution < -0.4 is 0 Å². The highest BCUT2D eigenvalue weighted by atomic mass is 16.7. The molecule has 0 bridgehead atoms. The quantitative estimate of drug-likeness (QED) is 0.835. The zero-order valence-corrected chi connectivity index (χ0v) is 11.4. The Balaban J connectivity index is 1.67. The van der Waals surface area contributed by atoms with Crippen molar-refractivity contribution in [1.29, 1.82) is 0 Å². The first-order chi connectivity index (χ1) is 9.25. The lowest BCUT2D eigenvalue weighted by Gasteiger charge is -2.25. The molecule has 1 aliphatic carbocycles. The summed E-state index contributed by atoms with van der Waals surface area (Å²) in [6.07, 6.45) is 4.89. The molecule has 0 amide bonds. The summed E-state index contributed by atoms with van der Waals surface area (Å²) in [4.78, 5) is 18.0. The lowest BCUT2D eigenvalue weighted by molar-refractivity contribution is -0.149. The van der Waals surface area contributed by atoms with Crippen molar-refractivity contribution in [1.82, 2.24) is 5.06 Å². The van der Waals surface area contributed by atoms with Gasteiger partial charge in [-0.2, -0.15) is 5.06 Å². The second kappa shape index (κ2) is 5.43. The molecule has 1 aromatic rings. The first-order valence-corrected chi connectivity index (χ1v) is 7.22. The van der Waals surface area contributed by atoms with Crippen molar-refractivity contribution in [2.24, 2.45) is 5.92 Å².